The minimum absolute atomic E-state index is 0.151. The van der Waals surface area contributed by atoms with Gasteiger partial charge < -0.3 is 10.4 Å². The Morgan fingerprint density at radius 1 is 1.26 bits per heavy atom. The third kappa shape index (κ3) is 3.81. The van der Waals surface area contributed by atoms with Crippen LogP contribution >= 0.6 is 0 Å². The number of carbonyl (C=O) groups excluding carboxylic acids is 1. The van der Waals surface area contributed by atoms with Crippen LogP contribution in [-0.4, -0.2) is 23.5 Å². The first-order valence-electron chi connectivity index (χ1n) is 6.33. The zero-order valence-corrected chi connectivity index (χ0v) is 11.9. The van der Waals surface area contributed by atoms with E-state index in [1.54, 1.807) is 19.9 Å². The molecule has 0 unspecified atom stereocenters. The Morgan fingerprint density at radius 2 is 1.89 bits per heavy atom. The molecule has 0 spiro atoms. The molecule has 0 aliphatic rings. The molecule has 2 N–H and O–H groups in total. The summed E-state index contributed by atoms with van der Waals surface area (Å²) in [6.45, 7) is 7.52. The number of carboxylic acids is 1. The topological polar surface area (TPSA) is 66.4 Å². The molecule has 0 bridgehead atoms. The standard InChI is InChI=1S/C15H21NO3/c1-10-6-5-7-12(11(10)2)13(17)16-9-8-15(3,4)14(18)19/h5-7H,8-9H2,1-4H3,(H,16,17)(H,18,19). The Labute approximate surface area is 113 Å². The van der Waals surface area contributed by atoms with Gasteiger partial charge in [0.1, 0.15) is 0 Å². The van der Waals surface area contributed by atoms with E-state index < -0.39 is 11.4 Å². The molecule has 0 heterocycles. The van der Waals surface area contributed by atoms with Gasteiger partial charge in [-0.05, 0) is 51.3 Å². The fourth-order valence-electron chi connectivity index (χ4n) is 1.69. The lowest BCUT2D eigenvalue weighted by atomic mass is 9.89. The number of aliphatic carboxylic acids is 1. The molecule has 0 atom stereocenters. The summed E-state index contributed by atoms with van der Waals surface area (Å²) in [5.74, 6) is -1.00. The molecular formula is C15H21NO3. The molecule has 0 fully saturated rings. The number of carbonyl (C=O) groups is 2. The highest BCUT2D eigenvalue weighted by atomic mass is 16.4. The normalized spacial score (nSPS) is 11.2. The van der Waals surface area contributed by atoms with Gasteiger partial charge in [0.15, 0.2) is 0 Å². The smallest absolute Gasteiger partial charge is 0.309 e. The van der Waals surface area contributed by atoms with E-state index in [4.69, 9.17) is 5.11 Å². The molecule has 1 aromatic rings. The molecule has 4 nitrogen and oxygen atoms in total. The van der Waals surface area contributed by atoms with Crippen molar-refractivity contribution < 1.29 is 14.7 Å². The van der Waals surface area contributed by atoms with Crippen molar-refractivity contribution in [1.82, 2.24) is 5.32 Å². The Morgan fingerprint density at radius 3 is 2.47 bits per heavy atom. The monoisotopic (exact) mass is 263 g/mol. The quantitative estimate of drug-likeness (QED) is 0.858. The van der Waals surface area contributed by atoms with Crippen molar-refractivity contribution in [3.8, 4) is 0 Å². The summed E-state index contributed by atoms with van der Waals surface area (Å²) in [5.41, 5.74) is 1.85. The molecule has 0 aromatic heterocycles. The highest BCUT2D eigenvalue weighted by Gasteiger charge is 2.26. The highest BCUT2D eigenvalue weighted by Crippen LogP contribution is 2.19. The zero-order valence-electron chi connectivity index (χ0n) is 11.9. The van der Waals surface area contributed by atoms with Crippen LogP contribution in [0.3, 0.4) is 0 Å². The molecule has 1 rings (SSSR count). The van der Waals surface area contributed by atoms with Crippen molar-refractivity contribution in [2.24, 2.45) is 5.41 Å². The summed E-state index contributed by atoms with van der Waals surface area (Å²) in [7, 11) is 0. The van der Waals surface area contributed by atoms with Crippen LogP contribution in [-0.2, 0) is 4.79 Å². The third-order valence-corrected chi connectivity index (χ3v) is 3.46. The second kappa shape index (κ2) is 5.87. The Bertz CT molecular complexity index is 492. The SMILES string of the molecule is Cc1cccc(C(=O)NCCC(C)(C)C(=O)O)c1C. The fraction of sp³-hybridized carbons (Fsp3) is 0.467. The summed E-state index contributed by atoms with van der Waals surface area (Å²) in [6.07, 6.45) is 0.402. The second-order valence-corrected chi connectivity index (χ2v) is 5.44. The maximum atomic E-state index is 12.0. The van der Waals surface area contributed by atoms with Gasteiger partial charge in [-0.2, -0.15) is 0 Å². The zero-order chi connectivity index (χ0) is 14.6. The summed E-state index contributed by atoms with van der Waals surface area (Å²) in [4.78, 5) is 23.0. The first-order valence-corrected chi connectivity index (χ1v) is 6.33. The summed E-state index contributed by atoms with van der Waals surface area (Å²) in [6, 6.07) is 5.58. The Kier molecular flexibility index (Phi) is 4.70. The number of rotatable bonds is 5. The maximum absolute atomic E-state index is 12.0. The van der Waals surface area contributed by atoms with Gasteiger partial charge in [-0.1, -0.05) is 12.1 Å². The minimum atomic E-state index is -0.853. The lowest BCUT2D eigenvalue weighted by molar-refractivity contribution is -0.147. The molecule has 0 aliphatic carbocycles. The van der Waals surface area contributed by atoms with Crippen LogP contribution in [0.2, 0.25) is 0 Å². The van der Waals surface area contributed by atoms with E-state index >= 15 is 0 Å². The molecule has 4 heteroatoms. The molecule has 0 saturated heterocycles. The maximum Gasteiger partial charge on any atom is 0.309 e. The number of hydrogen-bond acceptors (Lipinski definition) is 2. The average molecular weight is 263 g/mol. The van der Waals surface area contributed by atoms with Crippen molar-refractivity contribution in [2.75, 3.05) is 6.54 Å². The summed E-state index contributed by atoms with van der Waals surface area (Å²) < 4.78 is 0. The van der Waals surface area contributed by atoms with E-state index in [0.29, 0.717) is 18.5 Å². The van der Waals surface area contributed by atoms with Crippen LogP contribution in [0.25, 0.3) is 0 Å². The van der Waals surface area contributed by atoms with Crippen molar-refractivity contribution in [1.29, 1.82) is 0 Å². The van der Waals surface area contributed by atoms with Gasteiger partial charge >= 0.3 is 5.97 Å². The number of aryl methyl sites for hydroxylation is 1. The number of hydrogen-bond donors (Lipinski definition) is 2. The van der Waals surface area contributed by atoms with Crippen molar-refractivity contribution in [2.45, 2.75) is 34.1 Å². The van der Waals surface area contributed by atoms with Crippen molar-refractivity contribution in [3.05, 3.63) is 34.9 Å². The van der Waals surface area contributed by atoms with Gasteiger partial charge in [-0.15, -0.1) is 0 Å². The number of nitrogens with one attached hydrogen (secondary N) is 1. The second-order valence-electron chi connectivity index (χ2n) is 5.44. The van der Waals surface area contributed by atoms with Gasteiger partial charge in [0.05, 0.1) is 5.41 Å². The molecule has 0 saturated carbocycles. The predicted molar refractivity (Wildman–Crippen MR) is 74.3 cm³/mol. The highest BCUT2D eigenvalue weighted by molar-refractivity contribution is 5.95. The van der Waals surface area contributed by atoms with Crippen molar-refractivity contribution in [3.63, 3.8) is 0 Å². The molecule has 1 aromatic carbocycles. The number of carboxylic acid groups (broad SMARTS) is 1. The average Bonchev–Trinajstić information content (AvgIpc) is 2.32. The van der Waals surface area contributed by atoms with Crippen LogP contribution in [0.15, 0.2) is 18.2 Å². The lowest BCUT2D eigenvalue weighted by Gasteiger charge is -2.19. The number of benzene rings is 1. The molecular weight excluding hydrogens is 242 g/mol. The number of amides is 1. The van der Waals surface area contributed by atoms with E-state index in [0.717, 1.165) is 11.1 Å². The van der Waals surface area contributed by atoms with Crippen LogP contribution in [0.1, 0.15) is 41.8 Å². The first kappa shape index (κ1) is 15.2. The molecule has 0 aliphatic heterocycles. The molecule has 0 radical (unpaired) electrons. The predicted octanol–water partition coefficient (Wildman–Crippen LogP) is 2.53. The minimum Gasteiger partial charge on any atom is -0.481 e. The third-order valence-electron chi connectivity index (χ3n) is 3.46. The largest absolute Gasteiger partial charge is 0.481 e. The lowest BCUT2D eigenvalue weighted by Crippen LogP contribution is -2.32. The van der Waals surface area contributed by atoms with E-state index in [-0.39, 0.29) is 5.91 Å². The van der Waals surface area contributed by atoms with Gasteiger partial charge in [-0.3, -0.25) is 9.59 Å². The Hall–Kier alpha value is -1.84. The van der Waals surface area contributed by atoms with Crippen LogP contribution in [0, 0.1) is 19.3 Å². The van der Waals surface area contributed by atoms with Gasteiger partial charge in [0, 0.05) is 12.1 Å². The van der Waals surface area contributed by atoms with Crippen LogP contribution in [0.5, 0.6) is 0 Å². The fourth-order valence-corrected chi connectivity index (χ4v) is 1.69. The molecule has 19 heavy (non-hydrogen) atoms. The summed E-state index contributed by atoms with van der Waals surface area (Å²) in [5, 5.41) is 11.8. The summed E-state index contributed by atoms with van der Waals surface area (Å²) >= 11 is 0. The van der Waals surface area contributed by atoms with E-state index in [2.05, 4.69) is 5.32 Å². The van der Waals surface area contributed by atoms with E-state index in [1.165, 1.54) is 0 Å². The van der Waals surface area contributed by atoms with E-state index in [9.17, 15) is 9.59 Å². The molecule has 104 valence electrons. The van der Waals surface area contributed by atoms with Gasteiger partial charge in [0.2, 0.25) is 0 Å². The van der Waals surface area contributed by atoms with Gasteiger partial charge in [0.25, 0.3) is 5.91 Å². The van der Waals surface area contributed by atoms with Crippen molar-refractivity contribution >= 4 is 11.9 Å². The molecule has 1 amide bonds. The van der Waals surface area contributed by atoms with Gasteiger partial charge in [-0.25, -0.2) is 0 Å². The van der Waals surface area contributed by atoms with Crippen LogP contribution < -0.4 is 5.32 Å². The van der Waals surface area contributed by atoms with Crippen LogP contribution in [0.4, 0.5) is 0 Å². The first-order chi connectivity index (χ1) is 8.75. The van der Waals surface area contributed by atoms with E-state index in [1.807, 2.05) is 26.0 Å². The Balaban J connectivity index is 2.62.